The smallest absolute Gasteiger partial charge is 0.368 e. The van der Waals surface area contributed by atoms with Crippen molar-refractivity contribution in [3.05, 3.63) is 41.8 Å². The zero-order valence-corrected chi connectivity index (χ0v) is 35.3. The van der Waals surface area contributed by atoms with E-state index in [4.69, 9.17) is 9.31 Å². The molecule has 1 aromatic carbocycles. The molecule has 8 aliphatic rings. The maximum atomic E-state index is 7.82. The van der Waals surface area contributed by atoms with Gasteiger partial charge < -0.3 is 9.31 Å². The minimum Gasteiger partial charge on any atom is -0.537 e. The molecule has 8 fully saturated rings. The van der Waals surface area contributed by atoms with Crippen LogP contribution in [0.25, 0.3) is 6.08 Å². The first kappa shape index (κ1) is 36.3. The van der Waals surface area contributed by atoms with Gasteiger partial charge in [0, 0.05) is 6.08 Å². The molecular formula is C48H74B2O2. The summed E-state index contributed by atoms with van der Waals surface area (Å²) < 4.78 is 15.6. The Hall–Kier alpha value is -1.31. The first-order valence-electron chi connectivity index (χ1n) is 22.5. The van der Waals surface area contributed by atoms with E-state index in [2.05, 4.69) is 119 Å². The Morgan fingerprint density at radius 3 is 1.02 bits per heavy atom. The van der Waals surface area contributed by atoms with E-state index in [0.29, 0.717) is 68.6 Å². The van der Waals surface area contributed by atoms with Crippen LogP contribution in [-0.4, -0.2) is 13.8 Å². The fourth-order valence-electron chi connectivity index (χ4n) is 15.4. The maximum Gasteiger partial charge on any atom is 0.368 e. The third kappa shape index (κ3) is 5.76. The minimum atomic E-state index is 0.223. The number of benzene rings is 1. The molecule has 0 bridgehead atoms. The molecule has 52 heavy (non-hydrogen) atoms. The third-order valence-electron chi connectivity index (χ3n) is 20.0. The molecule has 1 aromatic rings. The van der Waals surface area contributed by atoms with Crippen LogP contribution in [0.3, 0.4) is 0 Å². The van der Waals surface area contributed by atoms with Crippen molar-refractivity contribution in [2.24, 2.45) is 92.7 Å². The van der Waals surface area contributed by atoms with Gasteiger partial charge in [0.25, 0.3) is 0 Å². The molecule has 0 spiro atoms. The van der Waals surface area contributed by atoms with Crippen LogP contribution in [0.1, 0.15) is 140 Å². The van der Waals surface area contributed by atoms with E-state index < -0.39 is 0 Å². The van der Waals surface area contributed by atoms with Crippen LogP contribution in [-0.2, 0) is 9.31 Å². The lowest BCUT2D eigenvalue weighted by atomic mass is 9.38. The molecule has 4 heteroatoms. The minimum absolute atomic E-state index is 0.223. The predicted octanol–water partition coefficient (Wildman–Crippen LogP) is 13.3. The molecule has 284 valence electrons. The molecule has 0 unspecified atom stereocenters. The van der Waals surface area contributed by atoms with Gasteiger partial charge in [-0.3, -0.25) is 0 Å². The Kier molecular flexibility index (Phi) is 8.45. The monoisotopic (exact) mass is 705 g/mol. The van der Waals surface area contributed by atoms with Crippen LogP contribution in [0.5, 0.6) is 0 Å². The summed E-state index contributed by atoms with van der Waals surface area (Å²) in [5.41, 5.74) is 3.21. The fraction of sp³-hybridized carbons (Fsp3) is 0.833. The Morgan fingerprint density at radius 1 is 0.462 bits per heavy atom. The van der Waals surface area contributed by atoms with Crippen LogP contribution in [0, 0.1) is 92.7 Å². The van der Waals surface area contributed by atoms with Crippen molar-refractivity contribution in [1.82, 2.24) is 0 Å². The summed E-state index contributed by atoms with van der Waals surface area (Å²) in [5.74, 6) is 13.1. The SMILES string of the molecule is C[C@@H]1C[C@H]2[C@@H](C[C@H]1B(OC(=Cc1ccccc1)OB([C@@H]1C[C@@H]3[C@H](C[C@H]1C)C3(C)C)[C@@H]1C[C@@H]3[C@H](C[C@H]1C)C3(C)C)[C@@H]1C[C@@H]3[C@H](C[C@H]1C)C3(C)C)C2(C)C. The van der Waals surface area contributed by atoms with Crippen LogP contribution in [0.2, 0.25) is 23.3 Å². The molecule has 9 rings (SSSR count). The van der Waals surface area contributed by atoms with Crippen molar-refractivity contribution in [3.63, 3.8) is 0 Å². The van der Waals surface area contributed by atoms with Gasteiger partial charge in [-0.1, -0.05) is 113 Å². The highest BCUT2D eigenvalue weighted by atomic mass is 16.6. The second-order valence-corrected chi connectivity index (χ2v) is 23.6. The second-order valence-electron chi connectivity index (χ2n) is 23.6. The van der Waals surface area contributed by atoms with E-state index >= 15 is 0 Å². The molecule has 0 radical (unpaired) electrons. The second kappa shape index (κ2) is 12.1. The molecule has 0 amide bonds. The highest BCUT2D eigenvalue weighted by Gasteiger charge is 2.68. The quantitative estimate of drug-likeness (QED) is 0.188. The number of hydrogen-bond acceptors (Lipinski definition) is 2. The van der Waals surface area contributed by atoms with Gasteiger partial charge in [0.2, 0.25) is 5.95 Å². The summed E-state index contributed by atoms with van der Waals surface area (Å²) in [6.07, 6.45) is 13.2. The van der Waals surface area contributed by atoms with Crippen molar-refractivity contribution >= 4 is 19.9 Å². The fourth-order valence-corrected chi connectivity index (χ4v) is 15.4. The number of rotatable bonds is 9. The summed E-state index contributed by atoms with van der Waals surface area (Å²) >= 11 is 0. The molecule has 0 N–H and O–H groups in total. The lowest BCUT2D eigenvalue weighted by molar-refractivity contribution is 0.182. The molecule has 0 aromatic heterocycles. The van der Waals surface area contributed by atoms with Crippen molar-refractivity contribution in [3.8, 4) is 0 Å². The lowest BCUT2D eigenvalue weighted by Gasteiger charge is -2.43. The molecular weight excluding hydrogens is 630 g/mol. The third-order valence-corrected chi connectivity index (χ3v) is 20.0. The summed E-state index contributed by atoms with van der Waals surface area (Å²) in [7, 11) is 0. The van der Waals surface area contributed by atoms with E-state index in [1.807, 2.05) is 0 Å². The van der Waals surface area contributed by atoms with Crippen molar-refractivity contribution in [2.45, 2.75) is 158 Å². The van der Waals surface area contributed by atoms with Gasteiger partial charge in [0.05, 0.1) is 0 Å². The normalized spacial score (nSPS) is 47.6. The standard InChI is InChI=1S/C48H74B2O2/c1-27-18-32-36(45(32,5)6)23-40(27)49(41-24-37-33(19-28(41)2)46(37,7)8)51-44(22-31-16-14-13-15-17-31)52-50(42-25-38-34(20-29(42)3)47(38,9)10)43-26-39-35(21-30(43)4)48(39,11)12/h13-17,22,27-30,32-43H,18-21,23-26H2,1-12H3/t27-,28-,29-,30-,32+,33+,34+,35+,36-,37-,38-,39-,40-,41-,42-,43-/m1/s1. The Bertz CT molecular complexity index is 1370. The molecule has 16 atom stereocenters. The van der Waals surface area contributed by atoms with Crippen LogP contribution >= 0.6 is 0 Å². The molecule has 2 nitrogen and oxygen atoms in total. The van der Waals surface area contributed by atoms with Gasteiger partial charge in [0.1, 0.15) is 0 Å². The Balaban J connectivity index is 1.08. The average molecular weight is 705 g/mol. The van der Waals surface area contributed by atoms with Crippen LogP contribution in [0.4, 0.5) is 0 Å². The summed E-state index contributed by atoms with van der Waals surface area (Å²) in [5, 5.41) is 0. The highest BCUT2D eigenvalue weighted by molar-refractivity contribution is 6.57. The molecule has 8 saturated carbocycles. The van der Waals surface area contributed by atoms with Crippen molar-refractivity contribution in [1.29, 1.82) is 0 Å². The van der Waals surface area contributed by atoms with Crippen molar-refractivity contribution < 1.29 is 9.31 Å². The summed E-state index contributed by atoms with van der Waals surface area (Å²) in [6.45, 7) is 31.2. The summed E-state index contributed by atoms with van der Waals surface area (Å²) in [4.78, 5) is 0. The van der Waals surface area contributed by atoms with Crippen LogP contribution < -0.4 is 0 Å². The van der Waals surface area contributed by atoms with Gasteiger partial charge in [-0.2, -0.15) is 0 Å². The van der Waals surface area contributed by atoms with E-state index in [9.17, 15) is 0 Å². The zero-order valence-electron chi connectivity index (χ0n) is 35.3. The van der Waals surface area contributed by atoms with E-state index in [1.165, 1.54) is 56.9 Å². The van der Waals surface area contributed by atoms with Gasteiger partial charge in [-0.05, 0) is 173 Å². The molecule has 0 saturated heterocycles. The predicted molar refractivity (Wildman–Crippen MR) is 220 cm³/mol. The average Bonchev–Trinajstić information content (AvgIpc) is 4.03. The van der Waals surface area contributed by atoms with Gasteiger partial charge in [-0.25, -0.2) is 0 Å². The number of hydrogen-bond donors (Lipinski definition) is 0. The first-order valence-corrected chi connectivity index (χ1v) is 22.5. The van der Waals surface area contributed by atoms with E-state index in [-0.39, 0.29) is 13.8 Å². The number of fused-ring (bicyclic) bond motifs is 4. The molecule has 0 heterocycles. The Labute approximate surface area is 320 Å². The van der Waals surface area contributed by atoms with E-state index in [0.717, 1.165) is 53.3 Å². The van der Waals surface area contributed by atoms with Crippen molar-refractivity contribution in [2.75, 3.05) is 0 Å². The summed E-state index contributed by atoms with van der Waals surface area (Å²) in [6, 6.07) is 11.0. The van der Waals surface area contributed by atoms with Gasteiger partial charge in [0.15, 0.2) is 0 Å². The topological polar surface area (TPSA) is 18.5 Å². The van der Waals surface area contributed by atoms with Gasteiger partial charge in [-0.15, -0.1) is 0 Å². The van der Waals surface area contributed by atoms with Gasteiger partial charge >= 0.3 is 13.8 Å². The molecule has 0 aliphatic heterocycles. The first-order chi connectivity index (χ1) is 24.4. The largest absolute Gasteiger partial charge is 0.537 e. The van der Waals surface area contributed by atoms with E-state index in [1.54, 1.807) is 0 Å². The Morgan fingerprint density at radius 2 is 0.731 bits per heavy atom. The van der Waals surface area contributed by atoms with Crippen LogP contribution in [0.15, 0.2) is 36.3 Å². The maximum absolute atomic E-state index is 7.82. The molecule has 8 aliphatic carbocycles. The zero-order chi connectivity index (χ0) is 36.9. The lowest BCUT2D eigenvalue weighted by Crippen LogP contribution is -2.43. The highest BCUT2D eigenvalue weighted by Crippen LogP contribution is 2.74.